The number of methoxy groups -OCH3 is 1. The van der Waals surface area contributed by atoms with Gasteiger partial charge in [-0.2, -0.15) is 5.26 Å². The molecule has 0 saturated heterocycles. The molecule has 1 aromatic heterocycles. The van der Waals surface area contributed by atoms with Gasteiger partial charge in [0.1, 0.15) is 11.8 Å². The van der Waals surface area contributed by atoms with E-state index in [2.05, 4.69) is 23.3 Å². The van der Waals surface area contributed by atoms with E-state index in [1.165, 1.54) is 0 Å². The number of hydrogen-bond acceptors (Lipinski definition) is 4. The van der Waals surface area contributed by atoms with Crippen molar-refractivity contribution in [1.29, 1.82) is 5.26 Å². The fourth-order valence-corrected chi connectivity index (χ4v) is 3.12. The molecule has 0 fully saturated rings. The third-order valence-electron chi connectivity index (χ3n) is 4.38. The maximum absolute atomic E-state index is 11.5. The first-order chi connectivity index (χ1) is 13.1. The van der Waals surface area contributed by atoms with Crippen LogP contribution in [-0.4, -0.2) is 24.8 Å². The second kappa shape index (κ2) is 7.83. The van der Waals surface area contributed by atoms with Crippen LogP contribution < -0.4 is 10.1 Å². The first kappa shape index (κ1) is 18.3. The lowest BCUT2D eigenvalue weighted by Gasteiger charge is -2.06. The Morgan fingerprint density at radius 1 is 1.22 bits per heavy atom. The lowest BCUT2D eigenvalue weighted by atomic mass is 10.0. The van der Waals surface area contributed by atoms with Crippen molar-refractivity contribution in [3.63, 3.8) is 0 Å². The lowest BCUT2D eigenvalue weighted by Crippen LogP contribution is -2.13. The number of aromatic amines is 1. The number of nitrogens with one attached hydrogen (secondary N) is 2. The number of hydrogen-bond donors (Lipinski definition) is 2. The first-order valence-electron chi connectivity index (χ1n) is 8.78. The summed E-state index contributed by atoms with van der Waals surface area (Å²) in [6.45, 7) is 4.12. The van der Waals surface area contributed by atoms with Gasteiger partial charge in [-0.1, -0.05) is 19.1 Å². The average Bonchev–Trinajstić information content (AvgIpc) is 3.06. The Morgan fingerprint density at radius 3 is 2.56 bits per heavy atom. The summed E-state index contributed by atoms with van der Waals surface area (Å²) in [6, 6.07) is 13.5. The van der Waals surface area contributed by atoms with Gasteiger partial charge in [0.25, 0.3) is 0 Å². The molecule has 3 rings (SSSR count). The highest BCUT2D eigenvalue weighted by Crippen LogP contribution is 2.35. The Bertz CT molecular complexity index is 1010. The van der Waals surface area contributed by atoms with E-state index in [0.29, 0.717) is 17.9 Å². The number of nitriles is 1. The van der Waals surface area contributed by atoms with Gasteiger partial charge in [0.05, 0.1) is 30.5 Å². The topological polar surface area (TPSA) is 87.1 Å². The van der Waals surface area contributed by atoms with Gasteiger partial charge in [0.2, 0.25) is 0 Å². The molecule has 0 aliphatic heterocycles. The van der Waals surface area contributed by atoms with Gasteiger partial charge in [-0.15, -0.1) is 0 Å². The third kappa shape index (κ3) is 3.58. The van der Waals surface area contributed by atoms with Crippen LogP contribution in [0.15, 0.2) is 36.4 Å². The molecule has 3 aromatic rings. The number of benzene rings is 2. The van der Waals surface area contributed by atoms with E-state index in [4.69, 9.17) is 9.47 Å². The second-order valence-corrected chi connectivity index (χ2v) is 5.97. The van der Waals surface area contributed by atoms with Crippen LogP contribution in [0.25, 0.3) is 22.2 Å². The molecule has 0 atom stereocenters. The largest absolute Gasteiger partial charge is 0.497 e. The van der Waals surface area contributed by atoms with Crippen LogP contribution in [0, 0.1) is 11.3 Å². The summed E-state index contributed by atoms with van der Waals surface area (Å²) in [7, 11) is 1.63. The zero-order chi connectivity index (χ0) is 19.4. The Kier molecular flexibility index (Phi) is 5.32. The number of ether oxygens (including phenoxy) is 2. The molecular formula is C21H21N3O3. The molecule has 0 aliphatic rings. The maximum atomic E-state index is 11.5. The first-order valence-corrected chi connectivity index (χ1v) is 8.78. The van der Waals surface area contributed by atoms with Crippen molar-refractivity contribution in [2.45, 2.75) is 20.3 Å². The number of anilines is 1. The van der Waals surface area contributed by atoms with Crippen molar-refractivity contribution >= 4 is 22.7 Å². The summed E-state index contributed by atoms with van der Waals surface area (Å²) in [5, 5.41) is 13.3. The number of amides is 1. The zero-order valence-electron chi connectivity index (χ0n) is 15.6. The SMILES string of the molecule is CCOC(=O)Nc1ccc(-c2[nH]c3cc(OC)cc(CC)c3c2C#N)cc1. The van der Waals surface area contributed by atoms with E-state index < -0.39 is 6.09 Å². The predicted molar refractivity (Wildman–Crippen MR) is 105 cm³/mol. The molecule has 0 unspecified atom stereocenters. The summed E-state index contributed by atoms with van der Waals surface area (Å²) in [6.07, 6.45) is 0.301. The molecule has 27 heavy (non-hydrogen) atoms. The van der Waals surface area contributed by atoms with Crippen molar-refractivity contribution in [3.05, 3.63) is 47.5 Å². The van der Waals surface area contributed by atoms with Gasteiger partial charge in [0.15, 0.2) is 0 Å². The van der Waals surface area contributed by atoms with E-state index >= 15 is 0 Å². The van der Waals surface area contributed by atoms with Crippen LogP contribution >= 0.6 is 0 Å². The van der Waals surface area contributed by atoms with Crippen molar-refractivity contribution in [2.24, 2.45) is 0 Å². The van der Waals surface area contributed by atoms with Crippen LogP contribution in [0.5, 0.6) is 5.75 Å². The number of H-pyrrole nitrogens is 1. The van der Waals surface area contributed by atoms with Gasteiger partial charge >= 0.3 is 6.09 Å². The number of fused-ring (bicyclic) bond motifs is 1. The standard InChI is InChI=1S/C21H21N3O3/c1-4-13-10-16(26-3)11-18-19(13)17(12-22)20(24-18)14-6-8-15(9-7-14)23-21(25)27-5-2/h6-11,24H,4-5H2,1-3H3,(H,23,25). The van der Waals surface area contributed by atoms with Gasteiger partial charge in [-0.25, -0.2) is 4.79 Å². The predicted octanol–water partition coefficient (Wildman–Crippen LogP) is 4.85. The van der Waals surface area contributed by atoms with E-state index in [0.717, 1.165) is 39.9 Å². The number of rotatable bonds is 5. The van der Waals surface area contributed by atoms with E-state index in [9.17, 15) is 10.1 Å². The van der Waals surface area contributed by atoms with Crippen LogP contribution in [-0.2, 0) is 11.2 Å². The highest BCUT2D eigenvalue weighted by molar-refractivity contribution is 5.97. The fraction of sp³-hybridized carbons (Fsp3) is 0.238. The van der Waals surface area contributed by atoms with Crippen LogP contribution in [0.4, 0.5) is 10.5 Å². The molecule has 0 spiro atoms. The summed E-state index contributed by atoms with van der Waals surface area (Å²) >= 11 is 0. The summed E-state index contributed by atoms with van der Waals surface area (Å²) in [5.74, 6) is 0.755. The normalized spacial score (nSPS) is 10.4. The Morgan fingerprint density at radius 2 is 1.96 bits per heavy atom. The molecule has 1 amide bonds. The van der Waals surface area contributed by atoms with Crippen molar-refractivity contribution in [3.8, 4) is 23.1 Å². The van der Waals surface area contributed by atoms with E-state index in [1.54, 1.807) is 26.2 Å². The second-order valence-electron chi connectivity index (χ2n) is 5.97. The Balaban J connectivity index is 2.04. The number of aromatic nitrogens is 1. The molecule has 2 N–H and O–H groups in total. The molecule has 0 saturated carbocycles. The van der Waals surface area contributed by atoms with E-state index in [1.807, 2.05) is 24.3 Å². The fourth-order valence-electron chi connectivity index (χ4n) is 3.12. The summed E-state index contributed by atoms with van der Waals surface area (Å²) in [5.41, 5.74) is 4.77. The highest BCUT2D eigenvalue weighted by Gasteiger charge is 2.17. The number of carbonyl (C=O) groups excluding carboxylic acids is 1. The molecule has 6 nitrogen and oxygen atoms in total. The Hall–Kier alpha value is -3.46. The molecule has 2 aromatic carbocycles. The van der Waals surface area contributed by atoms with Crippen LogP contribution in [0.1, 0.15) is 25.0 Å². The minimum Gasteiger partial charge on any atom is -0.497 e. The molecular weight excluding hydrogens is 342 g/mol. The molecule has 138 valence electrons. The molecule has 0 aliphatic carbocycles. The Labute approximate surface area is 157 Å². The number of carbonyl (C=O) groups is 1. The van der Waals surface area contributed by atoms with Crippen LogP contribution in [0.3, 0.4) is 0 Å². The van der Waals surface area contributed by atoms with Crippen molar-refractivity contribution < 1.29 is 14.3 Å². The minimum atomic E-state index is -0.492. The quantitative estimate of drug-likeness (QED) is 0.678. The van der Waals surface area contributed by atoms with E-state index in [-0.39, 0.29) is 0 Å². The third-order valence-corrected chi connectivity index (χ3v) is 4.38. The van der Waals surface area contributed by atoms with Gasteiger partial charge in [0, 0.05) is 17.1 Å². The zero-order valence-corrected chi connectivity index (χ0v) is 15.6. The van der Waals surface area contributed by atoms with Gasteiger partial charge < -0.3 is 14.5 Å². The van der Waals surface area contributed by atoms with Gasteiger partial charge in [-0.3, -0.25) is 5.32 Å². The summed E-state index contributed by atoms with van der Waals surface area (Å²) in [4.78, 5) is 14.9. The number of aryl methyl sites for hydroxylation is 1. The van der Waals surface area contributed by atoms with Crippen molar-refractivity contribution in [2.75, 3.05) is 19.0 Å². The monoisotopic (exact) mass is 363 g/mol. The lowest BCUT2D eigenvalue weighted by molar-refractivity contribution is 0.168. The molecule has 0 bridgehead atoms. The highest BCUT2D eigenvalue weighted by atomic mass is 16.5. The number of nitrogens with zero attached hydrogens (tertiary/aromatic N) is 1. The smallest absolute Gasteiger partial charge is 0.411 e. The molecule has 6 heteroatoms. The molecule has 0 radical (unpaired) electrons. The summed E-state index contributed by atoms with van der Waals surface area (Å²) < 4.78 is 10.2. The van der Waals surface area contributed by atoms with Gasteiger partial charge in [-0.05, 0) is 42.7 Å². The maximum Gasteiger partial charge on any atom is 0.411 e. The minimum absolute atomic E-state index is 0.313. The van der Waals surface area contributed by atoms with Crippen LogP contribution in [0.2, 0.25) is 0 Å². The molecule has 1 heterocycles. The average molecular weight is 363 g/mol. The van der Waals surface area contributed by atoms with Crippen molar-refractivity contribution in [1.82, 2.24) is 4.98 Å².